The number of methoxy groups -OCH3 is 1. The Balaban J connectivity index is 3.08. The van der Waals surface area contributed by atoms with Crippen LogP contribution in [0.5, 0.6) is 5.75 Å². The summed E-state index contributed by atoms with van der Waals surface area (Å²) in [4.78, 5) is 31.5. The molecule has 1 rings (SSSR count). The van der Waals surface area contributed by atoms with Crippen molar-refractivity contribution in [2.75, 3.05) is 7.11 Å². The van der Waals surface area contributed by atoms with Crippen LogP contribution in [0.4, 0.5) is 5.69 Å². The Hall–Kier alpha value is -2.70. The summed E-state index contributed by atoms with van der Waals surface area (Å²) in [6, 6.07) is 2.39. The van der Waals surface area contributed by atoms with Crippen LogP contribution in [0.3, 0.4) is 0 Å². The maximum atomic E-state index is 10.9. The Labute approximate surface area is 108 Å². The van der Waals surface area contributed by atoms with Crippen molar-refractivity contribution in [1.29, 1.82) is 0 Å². The highest BCUT2D eigenvalue weighted by molar-refractivity contribution is 5.84. The number of nitro groups is 1. The maximum absolute atomic E-state index is 10.9. The Kier molecular flexibility index (Phi) is 4.76. The molecule has 0 aliphatic rings. The SMILES string of the molecule is COC(=O)CC=Cc1cc(C=O)c(O)c([N+](=O)[O-])c1. The van der Waals surface area contributed by atoms with Crippen LogP contribution >= 0.6 is 0 Å². The van der Waals surface area contributed by atoms with Crippen LogP contribution in [0.1, 0.15) is 22.3 Å². The molecule has 0 spiro atoms. The molecule has 1 aromatic carbocycles. The van der Waals surface area contributed by atoms with E-state index in [2.05, 4.69) is 4.74 Å². The van der Waals surface area contributed by atoms with Gasteiger partial charge in [0, 0.05) is 6.07 Å². The number of phenols is 1. The molecule has 0 aliphatic heterocycles. The molecule has 0 bridgehead atoms. The van der Waals surface area contributed by atoms with Gasteiger partial charge in [-0.25, -0.2) is 0 Å². The first-order valence-corrected chi connectivity index (χ1v) is 5.19. The van der Waals surface area contributed by atoms with E-state index in [1.54, 1.807) is 0 Å². The summed E-state index contributed by atoms with van der Waals surface area (Å²) >= 11 is 0. The molecule has 0 aromatic heterocycles. The van der Waals surface area contributed by atoms with E-state index in [1.807, 2.05) is 0 Å². The predicted octanol–water partition coefficient (Wildman–Crippen LogP) is 1.69. The summed E-state index contributed by atoms with van der Waals surface area (Å²) < 4.78 is 4.42. The third kappa shape index (κ3) is 3.63. The fourth-order valence-corrected chi connectivity index (χ4v) is 1.36. The number of ether oxygens (including phenoxy) is 1. The molecule has 100 valence electrons. The number of esters is 1. The summed E-state index contributed by atoms with van der Waals surface area (Å²) in [6.45, 7) is 0. The molecule has 0 saturated heterocycles. The first kappa shape index (κ1) is 14.4. The molecule has 7 heteroatoms. The van der Waals surface area contributed by atoms with Gasteiger partial charge < -0.3 is 9.84 Å². The van der Waals surface area contributed by atoms with Crippen molar-refractivity contribution < 1.29 is 24.4 Å². The van der Waals surface area contributed by atoms with Crippen LogP contribution < -0.4 is 0 Å². The van der Waals surface area contributed by atoms with Crippen LogP contribution in [-0.2, 0) is 9.53 Å². The standard InChI is InChI=1S/C12H11NO6/c1-19-11(15)4-2-3-8-5-9(7-14)12(16)10(6-8)13(17)18/h2-3,5-7,16H,4H2,1H3. The molecule has 0 radical (unpaired) electrons. The van der Waals surface area contributed by atoms with Crippen molar-refractivity contribution in [2.24, 2.45) is 0 Å². The molecule has 0 unspecified atom stereocenters. The number of hydrogen-bond acceptors (Lipinski definition) is 6. The molecule has 0 amide bonds. The quantitative estimate of drug-likeness (QED) is 0.375. The number of benzene rings is 1. The molecule has 1 N–H and O–H groups in total. The lowest BCUT2D eigenvalue weighted by molar-refractivity contribution is -0.385. The van der Waals surface area contributed by atoms with Gasteiger partial charge in [0.2, 0.25) is 5.75 Å². The number of carbonyl (C=O) groups excluding carboxylic acids is 2. The Morgan fingerprint density at radius 3 is 2.74 bits per heavy atom. The molecular weight excluding hydrogens is 254 g/mol. The largest absolute Gasteiger partial charge is 0.502 e. The first-order valence-electron chi connectivity index (χ1n) is 5.19. The minimum Gasteiger partial charge on any atom is -0.502 e. The van der Waals surface area contributed by atoms with E-state index in [0.29, 0.717) is 11.8 Å². The number of rotatable bonds is 5. The number of hydrogen-bond donors (Lipinski definition) is 1. The number of aromatic hydroxyl groups is 1. The van der Waals surface area contributed by atoms with Gasteiger partial charge >= 0.3 is 11.7 Å². The normalized spacial score (nSPS) is 10.4. The number of nitrogens with zero attached hydrogens (tertiary/aromatic N) is 1. The molecule has 19 heavy (non-hydrogen) atoms. The Morgan fingerprint density at radius 2 is 2.21 bits per heavy atom. The summed E-state index contributed by atoms with van der Waals surface area (Å²) in [7, 11) is 1.24. The second-order valence-electron chi connectivity index (χ2n) is 3.54. The monoisotopic (exact) mass is 265 g/mol. The van der Waals surface area contributed by atoms with Crippen molar-refractivity contribution >= 4 is 24.0 Å². The van der Waals surface area contributed by atoms with Gasteiger partial charge in [-0.1, -0.05) is 12.2 Å². The molecule has 0 atom stereocenters. The second-order valence-corrected chi connectivity index (χ2v) is 3.54. The van der Waals surface area contributed by atoms with Crippen LogP contribution in [0.2, 0.25) is 0 Å². The molecule has 0 saturated carbocycles. The van der Waals surface area contributed by atoms with Gasteiger partial charge in [-0.3, -0.25) is 19.7 Å². The van der Waals surface area contributed by atoms with Crippen molar-refractivity contribution in [3.05, 3.63) is 39.4 Å². The van der Waals surface area contributed by atoms with Crippen molar-refractivity contribution in [3.8, 4) is 5.75 Å². The highest BCUT2D eigenvalue weighted by Gasteiger charge is 2.17. The van der Waals surface area contributed by atoms with E-state index in [1.165, 1.54) is 25.3 Å². The van der Waals surface area contributed by atoms with Crippen molar-refractivity contribution in [3.63, 3.8) is 0 Å². The molecule has 7 nitrogen and oxygen atoms in total. The van der Waals surface area contributed by atoms with Crippen LogP contribution in [0.15, 0.2) is 18.2 Å². The summed E-state index contributed by atoms with van der Waals surface area (Å²) in [5, 5.41) is 20.2. The van der Waals surface area contributed by atoms with Gasteiger partial charge in [0.25, 0.3) is 0 Å². The molecule has 1 aromatic rings. The number of aldehydes is 1. The van der Waals surface area contributed by atoms with Gasteiger partial charge in [0.1, 0.15) is 0 Å². The smallest absolute Gasteiger partial charge is 0.312 e. The third-order valence-corrected chi connectivity index (χ3v) is 2.29. The highest BCUT2D eigenvalue weighted by Crippen LogP contribution is 2.30. The van der Waals surface area contributed by atoms with E-state index in [-0.39, 0.29) is 12.0 Å². The highest BCUT2D eigenvalue weighted by atomic mass is 16.6. The zero-order chi connectivity index (χ0) is 14.4. The van der Waals surface area contributed by atoms with Crippen LogP contribution in [0.25, 0.3) is 6.08 Å². The van der Waals surface area contributed by atoms with Crippen molar-refractivity contribution in [1.82, 2.24) is 0 Å². The van der Waals surface area contributed by atoms with E-state index in [9.17, 15) is 24.8 Å². The summed E-state index contributed by atoms with van der Waals surface area (Å²) in [5.41, 5.74) is -0.426. The molecule has 0 heterocycles. The topological polar surface area (TPSA) is 107 Å². The van der Waals surface area contributed by atoms with Crippen LogP contribution in [-0.4, -0.2) is 29.4 Å². The van der Waals surface area contributed by atoms with Crippen molar-refractivity contribution in [2.45, 2.75) is 6.42 Å². The van der Waals surface area contributed by atoms with E-state index in [0.717, 1.165) is 6.07 Å². The zero-order valence-corrected chi connectivity index (χ0v) is 10.0. The minimum absolute atomic E-state index is 0.00158. The lowest BCUT2D eigenvalue weighted by atomic mass is 10.1. The van der Waals surface area contributed by atoms with E-state index >= 15 is 0 Å². The summed E-state index contributed by atoms with van der Waals surface area (Å²) in [6.07, 6.45) is 3.19. The van der Waals surface area contributed by atoms with Gasteiger partial charge in [-0.05, 0) is 11.6 Å². The average Bonchev–Trinajstić information content (AvgIpc) is 2.39. The lowest BCUT2D eigenvalue weighted by Crippen LogP contribution is -1.97. The fourth-order valence-electron chi connectivity index (χ4n) is 1.36. The number of nitro benzene ring substituents is 1. The molecule has 0 aliphatic carbocycles. The Morgan fingerprint density at radius 1 is 1.53 bits per heavy atom. The van der Waals surface area contributed by atoms with Gasteiger partial charge in [-0.15, -0.1) is 0 Å². The fraction of sp³-hybridized carbons (Fsp3) is 0.167. The average molecular weight is 265 g/mol. The lowest BCUT2D eigenvalue weighted by Gasteiger charge is -2.01. The molecular formula is C12H11NO6. The van der Waals surface area contributed by atoms with Gasteiger partial charge in [-0.2, -0.15) is 0 Å². The van der Waals surface area contributed by atoms with E-state index in [4.69, 9.17) is 0 Å². The van der Waals surface area contributed by atoms with E-state index < -0.39 is 22.3 Å². The molecule has 0 fully saturated rings. The predicted molar refractivity (Wildman–Crippen MR) is 65.8 cm³/mol. The summed E-state index contributed by atoms with van der Waals surface area (Å²) in [5.74, 6) is -1.13. The number of phenolic OH excluding ortho intramolecular Hbond substituents is 1. The third-order valence-electron chi connectivity index (χ3n) is 2.29. The maximum Gasteiger partial charge on any atom is 0.312 e. The van der Waals surface area contributed by atoms with Gasteiger partial charge in [0.15, 0.2) is 6.29 Å². The second kappa shape index (κ2) is 6.29. The van der Waals surface area contributed by atoms with Crippen LogP contribution in [0, 0.1) is 10.1 Å². The first-order chi connectivity index (χ1) is 8.99. The minimum atomic E-state index is -0.792. The van der Waals surface area contributed by atoms with Gasteiger partial charge in [0.05, 0.1) is 24.0 Å². The number of carbonyl (C=O) groups is 2. The Bertz CT molecular complexity index is 549. The zero-order valence-electron chi connectivity index (χ0n) is 10.0.